The summed E-state index contributed by atoms with van der Waals surface area (Å²) in [5, 5.41) is 6.77. The smallest absolute Gasteiger partial charge is 0.301 e. The van der Waals surface area contributed by atoms with Gasteiger partial charge in [0.15, 0.2) is 0 Å². The van der Waals surface area contributed by atoms with Crippen LogP contribution >= 0.6 is 0 Å². The third-order valence-electron chi connectivity index (χ3n) is 6.08. The summed E-state index contributed by atoms with van der Waals surface area (Å²) in [6, 6.07) is 22.6. The Morgan fingerprint density at radius 2 is 1.52 bits per heavy atom. The third kappa shape index (κ3) is 3.71. The molecule has 0 bridgehead atoms. The van der Waals surface area contributed by atoms with E-state index < -0.39 is 11.7 Å². The van der Waals surface area contributed by atoms with Crippen molar-refractivity contribution in [2.75, 3.05) is 25.8 Å². The van der Waals surface area contributed by atoms with E-state index in [9.17, 15) is 9.59 Å². The molecule has 0 N–H and O–H groups in total. The Labute approximate surface area is 191 Å². The van der Waals surface area contributed by atoms with Crippen LogP contribution in [0.15, 0.2) is 77.9 Å². The molecule has 2 aliphatic heterocycles. The first-order valence-corrected chi connectivity index (χ1v) is 10.7. The molecule has 0 unspecified atom stereocenters. The second-order valence-electron chi connectivity index (χ2n) is 7.93. The molecule has 0 radical (unpaired) electrons. The van der Waals surface area contributed by atoms with Gasteiger partial charge in [0.1, 0.15) is 18.2 Å². The number of ether oxygens (including phenoxy) is 2. The van der Waals surface area contributed by atoms with Crippen molar-refractivity contribution >= 4 is 23.1 Å². The van der Waals surface area contributed by atoms with Crippen molar-refractivity contribution in [2.24, 2.45) is 5.10 Å². The number of hydrogen-bond donors (Lipinski definition) is 0. The zero-order chi connectivity index (χ0) is 22.9. The molecule has 2 aliphatic rings. The van der Waals surface area contributed by atoms with Gasteiger partial charge in [-0.15, -0.1) is 0 Å². The zero-order valence-electron chi connectivity index (χ0n) is 18.4. The van der Waals surface area contributed by atoms with Crippen LogP contribution in [0, 0.1) is 0 Å². The van der Waals surface area contributed by atoms with Crippen molar-refractivity contribution in [3.63, 3.8) is 0 Å². The largest absolute Gasteiger partial charge is 0.497 e. The SMILES string of the molecule is COc1ccc(C2=NN(CN3C(=O)C(=O)c4ccccc43)[C@H](c3ccc(OC)cc3)C2)cc1. The van der Waals surface area contributed by atoms with Gasteiger partial charge in [0, 0.05) is 6.42 Å². The fourth-order valence-electron chi connectivity index (χ4n) is 4.29. The summed E-state index contributed by atoms with van der Waals surface area (Å²) in [7, 11) is 3.27. The molecular formula is C26H23N3O4. The van der Waals surface area contributed by atoms with Crippen molar-refractivity contribution < 1.29 is 19.1 Å². The number of fused-ring (bicyclic) bond motifs is 1. The van der Waals surface area contributed by atoms with Crippen molar-refractivity contribution in [1.29, 1.82) is 0 Å². The van der Waals surface area contributed by atoms with Crippen LogP contribution in [0.5, 0.6) is 11.5 Å². The van der Waals surface area contributed by atoms with Crippen LogP contribution in [0.4, 0.5) is 5.69 Å². The number of methoxy groups -OCH3 is 2. The lowest BCUT2D eigenvalue weighted by Crippen LogP contribution is -2.39. The predicted octanol–water partition coefficient (Wildman–Crippen LogP) is 4.04. The average Bonchev–Trinajstić information content (AvgIpc) is 3.39. The zero-order valence-corrected chi connectivity index (χ0v) is 18.4. The van der Waals surface area contributed by atoms with Gasteiger partial charge in [0.05, 0.1) is 37.2 Å². The van der Waals surface area contributed by atoms with Gasteiger partial charge in [-0.25, -0.2) is 0 Å². The van der Waals surface area contributed by atoms with Crippen molar-refractivity contribution in [3.05, 3.63) is 89.5 Å². The first-order valence-electron chi connectivity index (χ1n) is 10.7. The topological polar surface area (TPSA) is 71.4 Å². The molecule has 7 nitrogen and oxygen atoms in total. The molecule has 1 atom stereocenters. The van der Waals surface area contributed by atoms with Crippen LogP contribution in [0.25, 0.3) is 0 Å². The number of rotatable bonds is 6. The van der Waals surface area contributed by atoms with Crippen molar-refractivity contribution in [1.82, 2.24) is 5.01 Å². The van der Waals surface area contributed by atoms with E-state index in [1.165, 1.54) is 4.90 Å². The highest BCUT2D eigenvalue weighted by atomic mass is 16.5. The number of benzene rings is 3. The number of Topliss-reactive ketones (excluding diaryl/α,β-unsaturated/α-hetero) is 1. The highest BCUT2D eigenvalue weighted by Gasteiger charge is 2.39. The van der Waals surface area contributed by atoms with Crippen LogP contribution in [-0.4, -0.2) is 43.3 Å². The van der Waals surface area contributed by atoms with E-state index >= 15 is 0 Å². The molecule has 33 heavy (non-hydrogen) atoms. The molecule has 2 heterocycles. The number of carbonyl (C=O) groups excluding carboxylic acids is 2. The lowest BCUT2D eigenvalue weighted by molar-refractivity contribution is -0.114. The Bertz CT molecular complexity index is 1240. The summed E-state index contributed by atoms with van der Waals surface area (Å²) >= 11 is 0. The molecule has 1 amide bonds. The van der Waals surface area contributed by atoms with E-state index in [0.717, 1.165) is 28.3 Å². The molecule has 0 aromatic heterocycles. The van der Waals surface area contributed by atoms with Crippen molar-refractivity contribution in [2.45, 2.75) is 12.5 Å². The van der Waals surface area contributed by atoms with Gasteiger partial charge in [0.25, 0.3) is 5.78 Å². The number of hydrogen-bond acceptors (Lipinski definition) is 6. The van der Waals surface area contributed by atoms with Gasteiger partial charge in [-0.1, -0.05) is 24.3 Å². The highest BCUT2D eigenvalue weighted by Crippen LogP contribution is 2.36. The monoisotopic (exact) mass is 441 g/mol. The Kier molecular flexibility index (Phi) is 5.30. The molecule has 166 valence electrons. The van der Waals surface area contributed by atoms with E-state index in [1.807, 2.05) is 59.6 Å². The molecular weight excluding hydrogens is 418 g/mol. The van der Waals surface area contributed by atoms with E-state index in [4.69, 9.17) is 14.6 Å². The van der Waals surface area contributed by atoms with Gasteiger partial charge in [-0.3, -0.25) is 19.5 Å². The molecule has 5 rings (SSSR count). The highest BCUT2D eigenvalue weighted by molar-refractivity contribution is 6.52. The minimum Gasteiger partial charge on any atom is -0.497 e. The molecule has 3 aromatic rings. The third-order valence-corrected chi connectivity index (χ3v) is 6.08. The van der Waals surface area contributed by atoms with Crippen LogP contribution < -0.4 is 14.4 Å². The Morgan fingerprint density at radius 3 is 2.18 bits per heavy atom. The molecule has 0 saturated heterocycles. The second kappa shape index (κ2) is 8.43. The number of anilines is 1. The second-order valence-corrected chi connectivity index (χ2v) is 7.93. The van der Waals surface area contributed by atoms with Gasteiger partial charge >= 0.3 is 5.91 Å². The van der Waals surface area contributed by atoms with E-state index in [-0.39, 0.29) is 12.7 Å². The molecule has 0 saturated carbocycles. The summed E-state index contributed by atoms with van der Waals surface area (Å²) in [5.74, 6) is 0.537. The molecule has 0 aliphatic carbocycles. The summed E-state index contributed by atoms with van der Waals surface area (Å²) in [5.41, 5.74) is 4.00. The lowest BCUT2D eigenvalue weighted by atomic mass is 9.98. The Balaban J connectivity index is 1.49. The fourth-order valence-corrected chi connectivity index (χ4v) is 4.29. The number of carbonyl (C=O) groups is 2. The summed E-state index contributed by atoms with van der Waals surface area (Å²) in [6.07, 6.45) is 0.663. The van der Waals surface area contributed by atoms with Crippen LogP contribution in [0.2, 0.25) is 0 Å². The molecule has 0 fully saturated rings. The summed E-state index contributed by atoms with van der Waals surface area (Å²) in [6.45, 7) is 0.179. The number of hydrazone groups is 1. The maximum Gasteiger partial charge on any atom is 0.301 e. The Hall–Kier alpha value is -4.13. The average molecular weight is 441 g/mol. The van der Waals surface area contributed by atoms with Gasteiger partial charge in [0.2, 0.25) is 0 Å². The number of ketones is 1. The predicted molar refractivity (Wildman–Crippen MR) is 125 cm³/mol. The fraction of sp³-hybridized carbons (Fsp3) is 0.192. The number of amides is 1. The standard InChI is InChI=1S/C26H23N3O4/c1-32-19-11-7-17(8-12-19)22-15-24(18-9-13-20(33-2)14-10-18)29(27-22)16-28-23-6-4-3-5-21(23)25(30)26(28)31/h3-14,24H,15-16H2,1-2H3/t24-/m0/s1. The molecule has 0 spiro atoms. The minimum atomic E-state index is -0.530. The van der Waals surface area contributed by atoms with E-state index in [2.05, 4.69) is 0 Å². The number of nitrogens with zero attached hydrogens (tertiary/aromatic N) is 3. The first kappa shape index (κ1) is 20.8. The first-order chi connectivity index (χ1) is 16.1. The molecule has 3 aromatic carbocycles. The lowest BCUT2D eigenvalue weighted by Gasteiger charge is -2.28. The summed E-state index contributed by atoms with van der Waals surface area (Å²) in [4.78, 5) is 26.8. The van der Waals surface area contributed by atoms with Gasteiger partial charge < -0.3 is 9.47 Å². The maximum absolute atomic E-state index is 12.8. The van der Waals surface area contributed by atoms with E-state index in [0.29, 0.717) is 17.7 Å². The van der Waals surface area contributed by atoms with Gasteiger partial charge in [-0.05, 0) is 59.7 Å². The van der Waals surface area contributed by atoms with E-state index in [1.54, 1.807) is 32.4 Å². The van der Waals surface area contributed by atoms with Crippen LogP contribution in [0.1, 0.15) is 33.9 Å². The van der Waals surface area contributed by atoms with Crippen LogP contribution in [0.3, 0.4) is 0 Å². The van der Waals surface area contributed by atoms with Crippen molar-refractivity contribution in [3.8, 4) is 11.5 Å². The Morgan fingerprint density at radius 1 is 0.879 bits per heavy atom. The maximum atomic E-state index is 12.8. The normalized spacial score (nSPS) is 17.3. The minimum absolute atomic E-state index is 0.0938. The van der Waals surface area contributed by atoms with Crippen LogP contribution in [-0.2, 0) is 4.79 Å². The summed E-state index contributed by atoms with van der Waals surface area (Å²) < 4.78 is 10.6. The van der Waals surface area contributed by atoms with Gasteiger partial charge in [-0.2, -0.15) is 5.10 Å². The molecule has 7 heteroatoms. The quantitative estimate of drug-likeness (QED) is 0.540. The number of para-hydroxylation sites is 1.